The van der Waals surface area contributed by atoms with Crippen LogP contribution in [-0.2, 0) is 16.0 Å². The van der Waals surface area contributed by atoms with Crippen molar-refractivity contribution in [2.75, 3.05) is 20.2 Å². The van der Waals surface area contributed by atoms with Gasteiger partial charge in [-0.15, -0.1) is 0 Å². The number of likely N-dealkylation sites (tertiary alicyclic amines) is 1. The lowest BCUT2D eigenvalue weighted by molar-refractivity contribution is -0.138. The molecule has 7 heteroatoms. The number of hydrogen-bond donors (Lipinski definition) is 2. The fourth-order valence-corrected chi connectivity index (χ4v) is 4.38. The van der Waals surface area contributed by atoms with Gasteiger partial charge in [0.25, 0.3) is 0 Å². The summed E-state index contributed by atoms with van der Waals surface area (Å²) >= 11 is 0. The van der Waals surface area contributed by atoms with E-state index in [2.05, 4.69) is 5.32 Å². The zero-order valence-corrected chi connectivity index (χ0v) is 19.0. The van der Waals surface area contributed by atoms with Crippen molar-refractivity contribution in [2.45, 2.75) is 45.6 Å². The van der Waals surface area contributed by atoms with E-state index in [1.807, 2.05) is 43.9 Å². The fraction of sp³-hybridized carbons (Fsp3) is 0.440. The number of ether oxygens (including phenoxy) is 2. The lowest BCUT2D eigenvalue weighted by Gasteiger charge is -2.25. The third-order valence-electron chi connectivity index (χ3n) is 6.10. The number of phenols is 1. The van der Waals surface area contributed by atoms with Gasteiger partial charge in [-0.05, 0) is 41.8 Å². The van der Waals surface area contributed by atoms with Crippen LogP contribution < -0.4 is 14.8 Å². The Morgan fingerprint density at radius 2 is 1.91 bits per heavy atom. The van der Waals surface area contributed by atoms with Gasteiger partial charge in [0.1, 0.15) is 0 Å². The van der Waals surface area contributed by atoms with Gasteiger partial charge in [0, 0.05) is 30.8 Å². The number of aryl methyl sites for hydroxylation is 1. The van der Waals surface area contributed by atoms with E-state index in [9.17, 15) is 14.7 Å². The van der Waals surface area contributed by atoms with Crippen molar-refractivity contribution in [1.82, 2.24) is 10.2 Å². The van der Waals surface area contributed by atoms with E-state index >= 15 is 0 Å². The first-order chi connectivity index (χ1) is 15.2. The van der Waals surface area contributed by atoms with Crippen LogP contribution in [0, 0.1) is 5.41 Å². The van der Waals surface area contributed by atoms with Crippen LogP contribution in [0.15, 0.2) is 36.4 Å². The van der Waals surface area contributed by atoms with Gasteiger partial charge in [0.15, 0.2) is 23.0 Å². The number of benzene rings is 2. The number of carbonyl (C=O) groups excluding carboxylic acids is 2. The number of hydrogen-bond acceptors (Lipinski definition) is 5. The molecule has 2 aromatic carbocycles. The van der Waals surface area contributed by atoms with Crippen molar-refractivity contribution in [1.29, 1.82) is 0 Å². The summed E-state index contributed by atoms with van der Waals surface area (Å²) < 4.78 is 11.5. The van der Waals surface area contributed by atoms with Crippen LogP contribution in [-0.4, -0.2) is 48.1 Å². The number of aromatic hydroxyl groups is 1. The molecule has 2 heterocycles. The van der Waals surface area contributed by atoms with Crippen LogP contribution in [0.2, 0.25) is 0 Å². The molecular weight excluding hydrogens is 408 g/mol. The lowest BCUT2D eigenvalue weighted by Crippen LogP contribution is -2.42. The Balaban J connectivity index is 1.76. The van der Waals surface area contributed by atoms with Crippen molar-refractivity contribution in [3.05, 3.63) is 47.5 Å². The second-order valence-corrected chi connectivity index (χ2v) is 9.56. The number of rotatable bonds is 1. The molecule has 0 radical (unpaired) electrons. The van der Waals surface area contributed by atoms with E-state index < -0.39 is 5.41 Å². The van der Waals surface area contributed by atoms with Gasteiger partial charge in [-0.2, -0.15) is 0 Å². The van der Waals surface area contributed by atoms with Crippen molar-refractivity contribution in [2.24, 2.45) is 5.41 Å². The Bertz CT molecular complexity index is 1040. The standard InChI is InChI=1S/C25H30N2O5/c1-25(2,3)24(30)27-13-17-16-7-9-20(31-4)22(12-16)32-21-11-15(5-8-19(21)28)6-10-23(29)26-18(17)14-27/h5,7-9,11-12,17-18,28H,6,10,13-14H2,1-4H3,(H,26,29)/t17-,18+/m0/s1. The SMILES string of the molecule is COc1ccc2cc1Oc1cc(ccc1O)CCC(=O)N[C@@H]1CN(C(=O)C(C)(C)C)C[C@@H]21. The minimum Gasteiger partial charge on any atom is -0.504 e. The van der Waals surface area contributed by atoms with Crippen LogP contribution in [0.1, 0.15) is 44.2 Å². The van der Waals surface area contributed by atoms with Crippen LogP contribution in [0.5, 0.6) is 23.0 Å². The molecule has 0 aromatic heterocycles. The molecule has 0 saturated carbocycles. The highest BCUT2D eigenvalue weighted by Gasteiger charge is 2.40. The summed E-state index contributed by atoms with van der Waals surface area (Å²) in [5, 5.41) is 13.5. The summed E-state index contributed by atoms with van der Waals surface area (Å²) in [4.78, 5) is 27.6. The van der Waals surface area contributed by atoms with Crippen molar-refractivity contribution < 1.29 is 24.2 Å². The average Bonchev–Trinajstić information content (AvgIpc) is 3.16. The molecule has 170 valence electrons. The molecule has 2 aliphatic rings. The van der Waals surface area contributed by atoms with Gasteiger partial charge in [-0.3, -0.25) is 9.59 Å². The Morgan fingerprint density at radius 3 is 2.62 bits per heavy atom. The Hall–Kier alpha value is -3.22. The summed E-state index contributed by atoms with van der Waals surface area (Å²) in [6, 6.07) is 10.5. The van der Waals surface area contributed by atoms with E-state index in [-0.39, 0.29) is 29.5 Å². The van der Waals surface area contributed by atoms with Crippen molar-refractivity contribution in [3.63, 3.8) is 0 Å². The molecule has 4 rings (SSSR count). The third-order valence-corrected chi connectivity index (χ3v) is 6.10. The first-order valence-corrected chi connectivity index (χ1v) is 10.9. The van der Waals surface area contributed by atoms with Crippen molar-refractivity contribution >= 4 is 11.8 Å². The van der Waals surface area contributed by atoms with E-state index in [0.717, 1.165) is 11.1 Å². The number of nitrogens with one attached hydrogen (secondary N) is 1. The van der Waals surface area contributed by atoms with Gasteiger partial charge in [-0.1, -0.05) is 32.9 Å². The summed E-state index contributed by atoms with van der Waals surface area (Å²) in [6.45, 7) is 6.68. The predicted molar refractivity (Wildman–Crippen MR) is 120 cm³/mol. The summed E-state index contributed by atoms with van der Waals surface area (Å²) in [5.74, 6) is 1.25. The Morgan fingerprint density at radius 1 is 1.12 bits per heavy atom. The first-order valence-electron chi connectivity index (χ1n) is 10.9. The maximum absolute atomic E-state index is 13.0. The molecule has 2 atom stereocenters. The third kappa shape index (κ3) is 4.38. The zero-order chi connectivity index (χ0) is 23.0. The number of fused-ring (bicyclic) bond motifs is 6. The molecule has 2 amide bonds. The number of nitrogens with zero attached hydrogens (tertiary/aromatic N) is 1. The second-order valence-electron chi connectivity index (χ2n) is 9.56. The molecule has 2 aliphatic heterocycles. The van der Waals surface area contributed by atoms with Crippen LogP contribution in [0.25, 0.3) is 0 Å². The average molecular weight is 439 g/mol. The molecule has 0 aliphatic carbocycles. The lowest BCUT2D eigenvalue weighted by atomic mass is 9.93. The molecule has 0 unspecified atom stereocenters. The zero-order valence-electron chi connectivity index (χ0n) is 19.0. The van der Waals surface area contributed by atoms with E-state index in [1.165, 1.54) is 0 Å². The van der Waals surface area contributed by atoms with Crippen molar-refractivity contribution in [3.8, 4) is 23.0 Å². The maximum Gasteiger partial charge on any atom is 0.228 e. The second kappa shape index (κ2) is 8.37. The van der Waals surface area contributed by atoms with E-state index in [0.29, 0.717) is 43.2 Å². The smallest absolute Gasteiger partial charge is 0.228 e. The molecule has 1 saturated heterocycles. The molecule has 32 heavy (non-hydrogen) atoms. The predicted octanol–water partition coefficient (Wildman–Crippen LogP) is 3.60. The summed E-state index contributed by atoms with van der Waals surface area (Å²) in [6.07, 6.45) is 0.820. The van der Waals surface area contributed by atoms with Crippen LogP contribution >= 0.6 is 0 Å². The van der Waals surface area contributed by atoms with Crippen LogP contribution in [0.3, 0.4) is 0 Å². The minimum atomic E-state index is -0.501. The molecule has 1 fully saturated rings. The van der Waals surface area contributed by atoms with Gasteiger partial charge in [0.2, 0.25) is 11.8 Å². The molecule has 4 bridgehead atoms. The van der Waals surface area contributed by atoms with Gasteiger partial charge < -0.3 is 24.8 Å². The largest absolute Gasteiger partial charge is 0.504 e. The van der Waals surface area contributed by atoms with E-state index in [4.69, 9.17) is 9.47 Å². The highest BCUT2D eigenvalue weighted by molar-refractivity contribution is 5.82. The van der Waals surface area contributed by atoms with E-state index in [1.54, 1.807) is 25.3 Å². The van der Waals surface area contributed by atoms with Gasteiger partial charge in [0.05, 0.1) is 13.2 Å². The Labute approximate surface area is 188 Å². The molecule has 2 aromatic rings. The van der Waals surface area contributed by atoms with Gasteiger partial charge in [-0.25, -0.2) is 0 Å². The molecular formula is C25H30N2O5. The highest BCUT2D eigenvalue weighted by atomic mass is 16.5. The van der Waals surface area contributed by atoms with Crippen LogP contribution in [0.4, 0.5) is 0 Å². The Kier molecular flexibility index (Phi) is 5.75. The molecule has 7 nitrogen and oxygen atoms in total. The topological polar surface area (TPSA) is 88.1 Å². The maximum atomic E-state index is 13.0. The quantitative estimate of drug-likeness (QED) is 0.710. The fourth-order valence-electron chi connectivity index (χ4n) is 4.38. The molecule has 0 spiro atoms. The number of amides is 2. The van der Waals surface area contributed by atoms with Gasteiger partial charge >= 0.3 is 0 Å². The molecule has 2 N–H and O–H groups in total. The first kappa shape index (κ1) is 22.0. The number of methoxy groups -OCH3 is 1. The normalized spacial score (nSPS) is 20.8. The number of phenolic OH excluding ortho intramolecular Hbond substituents is 1. The number of carbonyl (C=O) groups is 2. The highest BCUT2D eigenvalue weighted by Crippen LogP contribution is 2.40. The monoisotopic (exact) mass is 438 g/mol. The summed E-state index contributed by atoms with van der Waals surface area (Å²) in [7, 11) is 1.56. The summed E-state index contributed by atoms with van der Waals surface area (Å²) in [5.41, 5.74) is 1.32. The minimum absolute atomic E-state index is 0.0150.